The highest BCUT2D eigenvalue weighted by atomic mass is 32.2. The average molecular weight is 398 g/mol. The van der Waals surface area contributed by atoms with Crippen molar-refractivity contribution in [2.24, 2.45) is 0 Å². The third-order valence-corrected chi connectivity index (χ3v) is 5.79. The van der Waals surface area contributed by atoms with Crippen molar-refractivity contribution >= 4 is 22.7 Å². The van der Waals surface area contributed by atoms with Gasteiger partial charge in [-0.1, -0.05) is 48.2 Å². The number of hydrogen-bond donors (Lipinski definition) is 1. The number of nitrogens with one attached hydrogen (secondary N) is 1. The number of rotatable bonds is 6. The Labute approximate surface area is 172 Å². The van der Waals surface area contributed by atoms with Crippen LogP contribution in [0.15, 0.2) is 90.5 Å². The van der Waals surface area contributed by atoms with E-state index in [4.69, 9.17) is 0 Å². The Balaban J connectivity index is 1.43. The van der Waals surface area contributed by atoms with E-state index in [2.05, 4.69) is 67.3 Å². The van der Waals surface area contributed by atoms with Gasteiger partial charge in [-0.25, -0.2) is 0 Å². The van der Waals surface area contributed by atoms with Crippen molar-refractivity contribution < 1.29 is 0 Å². The molecule has 0 aliphatic heterocycles. The number of aromatic nitrogens is 5. The molecule has 29 heavy (non-hydrogen) atoms. The number of aromatic amines is 1. The number of para-hydroxylation sites is 2. The van der Waals surface area contributed by atoms with Crippen LogP contribution in [0, 0.1) is 0 Å². The lowest BCUT2D eigenvalue weighted by Crippen LogP contribution is -2.00. The lowest BCUT2D eigenvalue weighted by Gasteiger charge is -2.10. The van der Waals surface area contributed by atoms with Crippen molar-refractivity contribution in [2.45, 2.75) is 11.6 Å². The normalized spacial score (nSPS) is 11.2. The lowest BCUT2D eigenvalue weighted by atomic mass is 10.1. The molecule has 0 saturated carbocycles. The molecule has 0 spiro atoms. The summed E-state index contributed by atoms with van der Waals surface area (Å²) in [7, 11) is 0. The number of nitrogens with zero attached hydrogens (tertiary/aromatic N) is 4. The molecule has 0 saturated heterocycles. The number of thioether (sulfide) groups is 1. The second kappa shape index (κ2) is 7.93. The molecule has 0 atom stereocenters. The highest BCUT2D eigenvalue weighted by Crippen LogP contribution is 2.28. The Morgan fingerprint density at radius 3 is 2.52 bits per heavy atom. The molecule has 0 unspecified atom stereocenters. The van der Waals surface area contributed by atoms with Crippen LogP contribution in [0.2, 0.25) is 0 Å². The minimum absolute atomic E-state index is 0.827. The van der Waals surface area contributed by atoms with E-state index in [1.165, 1.54) is 16.5 Å². The number of fused-ring (bicyclic) bond motifs is 1. The second-order valence-electron chi connectivity index (χ2n) is 6.67. The molecule has 5 aromatic rings. The van der Waals surface area contributed by atoms with Crippen LogP contribution in [0.5, 0.6) is 0 Å². The molecule has 0 fully saturated rings. The quantitative estimate of drug-likeness (QED) is 0.403. The van der Waals surface area contributed by atoms with Gasteiger partial charge in [-0.15, -0.1) is 10.2 Å². The Morgan fingerprint density at radius 2 is 1.66 bits per heavy atom. The van der Waals surface area contributed by atoms with Crippen LogP contribution in [0.4, 0.5) is 0 Å². The van der Waals surface area contributed by atoms with E-state index >= 15 is 0 Å². The summed E-state index contributed by atoms with van der Waals surface area (Å²) in [4.78, 5) is 7.47. The molecule has 0 aliphatic carbocycles. The maximum Gasteiger partial charge on any atom is 0.196 e. The number of pyridine rings is 1. The molecule has 3 aromatic heterocycles. The van der Waals surface area contributed by atoms with Gasteiger partial charge >= 0.3 is 0 Å². The minimum atomic E-state index is 0.827. The molecule has 2 aromatic carbocycles. The van der Waals surface area contributed by atoms with Crippen LogP contribution >= 0.6 is 11.8 Å². The molecule has 5 rings (SSSR count). The van der Waals surface area contributed by atoms with Crippen molar-refractivity contribution in [1.82, 2.24) is 24.7 Å². The van der Waals surface area contributed by atoms with Gasteiger partial charge in [0.15, 0.2) is 11.0 Å². The molecule has 0 bridgehead atoms. The summed E-state index contributed by atoms with van der Waals surface area (Å²) in [5, 5.41) is 11.2. The van der Waals surface area contributed by atoms with Gasteiger partial charge in [0.25, 0.3) is 0 Å². The fourth-order valence-electron chi connectivity index (χ4n) is 3.45. The maximum atomic E-state index is 4.50. The van der Waals surface area contributed by atoms with Crippen LogP contribution in [0.3, 0.4) is 0 Å². The molecule has 0 aliphatic rings. The number of aryl methyl sites for hydroxylation is 1. The maximum absolute atomic E-state index is 4.50. The molecule has 1 N–H and O–H groups in total. The van der Waals surface area contributed by atoms with E-state index in [9.17, 15) is 0 Å². The smallest absolute Gasteiger partial charge is 0.196 e. The van der Waals surface area contributed by atoms with Crippen molar-refractivity contribution in [3.8, 4) is 17.1 Å². The summed E-state index contributed by atoms with van der Waals surface area (Å²) in [6.45, 7) is 0. The van der Waals surface area contributed by atoms with Gasteiger partial charge in [0, 0.05) is 46.5 Å². The van der Waals surface area contributed by atoms with Crippen molar-refractivity contribution in [3.63, 3.8) is 0 Å². The van der Waals surface area contributed by atoms with Gasteiger partial charge in [0.2, 0.25) is 0 Å². The summed E-state index contributed by atoms with van der Waals surface area (Å²) < 4.78 is 2.12. The molecule has 6 heteroatoms. The first-order valence-electron chi connectivity index (χ1n) is 9.49. The third kappa shape index (κ3) is 3.54. The second-order valence-corrected chi connectivity index (χ2v) is 7.73. The topological polar surface area (TPSA) is 59.4 Å². The highest BCUT2D eigenvalue weighted by molar-refractivity contribution is 7.99. The van der Waals surface area contributed by atoms with E-state index in [0.717, 1.165) is 34.4 Å². The van der Waals surface area contributed by atoms with Gasteiger partial charge in [-0.2, -0.15) is 0 Å². The highest BCUT2D eigenvalue weighted by Gasteiger charge is 2.16. The Morgan fingerprint density at radius 1 is 0.862 bits per heavy atom. The van der Waals surface area contributed by atoms with E-state index in [1.54, 1.807) is 24.2 Å². The van der Waals surface area contributed by atoms with E-state index in [0.29, 0.717) is 0 Å². The van der Waals surface area contributed by atoms with Crippen LogP contribution in [0.1, 0.15) is 5.56 Å². The number of benzene rings is 2. The zero-order valence-corrected chi connectivity index (χ0v) is 16.5. The third-order valence-electron chi connectivity index (χ3n) is 4.86. The van der Waals surface area contributed by atoms with Gasteiger partial charge < -0.3 is 4.98 Å². The van der Waals surface area contributed by atoms with Gasteiger partial charge in [-0.05, 0) is 42.3 Å². The van der Waals surface area contributed by atoms with Gasteiger partial charge in [-0.3, -0.25) is 9.55 Å². The van der Waals surface area contributed by atoms with Crippen LogP contribution in [-0.2, 0) is 6.42 Å². The van der Waals surface area contributed by atoms with E-state index in [-0.39, 0.29) is 0 Å². The van der Waals surface area contributed by atoms with Crippen LogP contribution in [0.25, 0.3) is 28.0 Å². The SMILES string of the molecule is c1ccc(-n2c(SCCc3c[nH]c4ccccc34)nnc2-c2ccncc2)cc1. The summed E-state index contributed by atoms with van der Waals surface area (Å²) in [5.41, 5.74) is 4.56. The van der Waals surface area contributed by atoms with E-state index in [1.807, 2.05) is 30.3 Å². The molecule has 142 valence electrons. The Hall–Kier alpha value is -3.38. The molecule has 3 heterocycles. The predicted molar refractivity (Wildman–Crippen MR) is 117 cm³/mol. The van der Waals surface area contributed by atoms with Gasteiger partial charge in [0.05, 0.1) is 0 Å². The summed E-state index contributed by atoms with van der Waals surface area (Å²) in [6.07, 6.45) is 6.63. The fourth-order valence-corrected chi connectivity index (χ4v) is 4.38. The lowest BCUT2D eigenvalue weighted by molar-refractivity contribution is 0.885. The molecule has 5 nitrogen and oxygen atoms in total. The summed E-state index contributed by atoms with van der Waals surface area (Å²) >= 11 is 1.72. The van der Waals surface area contributed by atoms with Crippen molar-refractivity contribution in [2.75, 3.05) is 5.75 Å². The molecule has 0 radical (unpaired) electrons. The van der Waals surface area contributed by atoms with Crippen molar-refractivity contribution in [1.29, 1.82) is 0 Å². The first-order valence-corrected chi connectivity index (χ1v) is 10.5. The average Bonchev–Trinajstić information content (AvgIpc) is 3.40. The zero-order valence-electron chi connectivity index (χ0n) is 15.7. The van der Waals surface area contributed by atoms with Crippen LogP contribution < -0.4 is 0 Å². The standard InChI is InChI=1S/C23H19N5S/c1-2-6-19(7-3-1)28-22(17-10-13-24-14-11-17)26-27-23(28)29-15-12-18-16-25-21-9-5-4-8-20(18)21/h1-11,13-14,16,25H,12,15H2. The number of hydrogen-bond acceptors (Lipinski definition) is 4. The minimum Gasteiger partial charge on any atom is -0.361 e. The van der Waals surface area contributed by atoms with Crippen molar-refractivity contribution in [3.05, 3.63) is 90.9 Å². The largest absolute Gasteiger partial charge is 0.361 e. The molecular formula is C23H19N5S. The predicted octanol–water partition coefficient (Wildman–Crippen LogP) is 5.15. The summed E-state index contributed by atoms with van der Waals surface area (Å²) in [5.74, 6) is 1.75. The number of H-pyrrole nitrogens is 1. The Bertz CT molecular complexity index is 1230. The first kappa shape index (κ1) is 17.7. The fraction of sp³-hybridized carbons (Fsp3) is 0.0870. The monoisotopic (exact) mass is 397 g/mol. The van der Waals surface area contributed by atoms with Crippen LogP contribution in [-0.4, -0.2) is 30.5 Å². The molecule has 0 amide bonds. The van der Waals surface area contributed by atoms with Gasteiger partial charge in [0.1, 0.15) is 0 Å². The molecular weight excluding hydrogens is 378 g/mol. The van der Waals surface area contributed by atoms with E-state index < -0.39 is 0 Å². The Kier molecular flexibility index (Phi) is 4.84. The first-order chi connectivity index (χ1) is 14.4. The summed E-state index contributed by atoms with van der Waals surface area (Å²) in [6, 6.07) is 22.6. The zero-order chi connectivity index (χ0) is 19.5.